The second-order valence-electron chi connectivity index (χ2n) is 7.75. The number of nitrogen functional groups attached to an aromatic ring is 1. The smallest absolute Gasteiger partial charge is 0.267 e. The van der Waals surface area contributed by atoms with Gasteiger partial charge >= 0.3 is 0 Å². The highest BCUT2D eigenvalue weighted by Crippen LogP contribution is 2.33. The molecule has 0 bridgehead atoms. The zero-order chi connectivity index (χ0) is 23.7. The summed E-state index contributed by atoms with van der Waals surface area (Å²) >= 11 is 5.20. The third-order valence-electron chi connectivity index (χ3n) is 5.54. The highest BCUT2D eigenvalue weighted by Gasteiger charge is 2.29. The van der Waals surface area contributed by atoms with Crippen LogP contribution in [0.3, 0.4) is 0 Å². The van der Waals surface area contributed by atoms with Crippen LogP contribution in [0.15, 0.2) is 42.5 Å². The number of nitrogens with two attached hydrogens (primary N) is 2. The Morgan fingerprint density at radius 3 is 2.58 bits per heavy atom. The number of ether oxygens (including phenoxy) is 1. The maximum Gasteiger partial charge on any atom is 0.267 e. The van der Waals surface area contributed by atoms with E-state index in [2.05, 4.69) is 10.8 Å². The lowest BCUT2D eigenvalue weighted by Gasteiger charge is -2.31. The zero-order valence-electron chi connectivity index (χ0n) is 17.6. The van der Waals surface area contributed by atoms with Gasteiger partial charge in [-0.05, 0) is 49.2 Å². The molecule has 1 atom stereocenters. The van der Waals surface area contributed by atoms with E-state index in [0.717, 1.165) is 31.5 Å². The third-order valence-corrected chi connectivity index (χ3v) is 5.80. The Balaban J connectivity index is 1.63. The molecule has 1 aliphatic rings. The van der Waals surface area contributed by atoms with Crippen molar-refractivity contribution in [3.05, 3.63) is 59.7 Å². The molecule has 1 saturated heterocycles. The summed E-state index contributed by atoms with van der Waals surface area (Å²) in [5.41, 5.74) is 16.8. The number of quaternary nitrogens is 1. The third kappa shape index (κ3) is 4.64. The van der Waals surface area contributed by atoms with E-state index in [9.17, 15) is 13.6 Å². The van der Waals surface area contributed by atoms with Crippen molar-refractivity contribution >= 4 is 29.1 Å². The molecular formula is C22H23F2N6O2S+. The largest absolute Gasteiger partial charge is 0.454 e. The monoisotopic (exact) mass is 473 g/mol. The van der Waals surface area contributed by atoms with E-state index in [0.29, 0.717) is 28.7 Å². The summed E-state index contributed by atoms with van der Waals surface area (Å²) in [6.07, 6.45) is 1.70. The number of hydrogen-bond donors (Lipinski definition) is 3. The van der Waals surface area contributed by atoms with Gasteiger partial charge in [-0.15, -0.1) is 0 Å². The van der Waals surface area contributed by atoms with Gasteiger partial charge in [0.05, 0.1) is 6.04 Å². The molecule has 2 heterocycles. The number of amides is 1. The van der Waals surface area contributed by atoms with Gasteiger partial charge in [-0.25, -0.2) is 13.5 Å². The van der Waals surface area contributed by atoms with Crippen LogP contribution in [0.5, 0.6) is 11.5 Å². The first-order valence-corrected chi connectivity index (χ1v) is 10.7. The fraction of sp³-hybridized carbons (Fsp3) is 0.227. The second-order valence-corrected chi connectivity index (χ2v) is 8.23. The van der Waals surface area contributed by atoms with Gasteiger partial charge in [0, 0.05) is 36.9 Å². The molecule has 172 valence electrons. The molecule has 0 radical (unpaired) electrons. The number of piperidine rings is 1. The number of carbonyl (C=O) groups excluding carboxylic acids is 1. The Hall–Kier alpha value is -3.57. The van der Waals surface area contributed by atoms with Crippen LogP contribution >= 0.6 is 12.2 Å². The topological polar surface area (TPSA) is 127 Å². The van der Waals surface area contributed by atoms with Crippen LogP contribution in [-0.4, -0.2) is 38.8 Å². The number of nitrogens with zero attached hydrogens (tertiary/aromatic N) is 3. The van der Waals surface area contributed by atoms with Crippen molar-refractivity contribution in [3.63, 3.8) is 0 Å². The molecule has 33 heavy (non-hydrogen) atoms. The van der Waals surface area contributed by atoms with Crippen molar-refractivity contribution in [2.24, 2.45) is 5.73 Å². The van der Waals surface area contributed by atoms with E-state index >= 15 is 0 Å². The molecule has 0 spiro atoms. The summed E-state index contributed by atoms with van der Waals surface area (Å²) in [5.74, 6) is -1.80. The van der Waals surface area contributed by atoms with Crippen molar-refractivity contribution in [1.29, 1.82) is 0 Å². The Bertz CT molecular complexity index is 1210. The maximum atomic E-state index is 13.9. The molecule has 4 rings (SSSR count). The lowest BCUT2D eigenvalue weighted by molar-refractivity contribution is -0.229. The van der Waals surface area contributed by atoms with Gasteiger partial charge < -0.3 is 26.8 Å². The lowest BCUT2D eigenvalue weighted by Crippen LogP contribution is -2.65. The fourth-order valence-corrected chi connectivity index (χ4v) is 4.08. The minimum absolute atomic E-state index is 0.0886. The lowest BCUT2D eigenvalue weighted by atomic mass is 10.1. The minimum atomic E-state index is -0.815. The number of primary amides is 1. The molecule has 8 nitrogen and oxygen atoms in total. The highest BCUT2D eigenvalue weighted by molar-refractivity contribution is 7.79. The van der Waals surface area contributed by atoms with E-state index in [1.165, 1.54) is 6.07 Å². The Kier molecular flexibility index (Phi) is 6.25. The van der Waals surface area contributed by atoms with Gasteiger partial charge in [-0.3, -0.25) is 4.79 Å². The van der Waals surface area contributed by atoms with Crippen molar-refractivity contribution < 1.29 is 24.0 Å². The molecule has 1 aromatic heterocycles. The molecule has 0 unspecified atom stereocenters. The second kappa shape index (κ2) is 9.12. The van der Waals surface area contributed by atoms with Crippen molar-refractivity contribution in [1.82, 2.24) is 14.7 Å². The van der Waals surface area contributed by atoms with Gasteiger partial charge in [0.25, 0.3) is 11.0 Å². The Morgan fingerprint density at radius 2 is 1.94 bits per heavy atom. The molecule has 1 aliphatic heterocycles. The van der Waals surface area contributed by atoms with E-state index in [4.69, 9.17) is 28.4 Å². The van der Waals surface area contributed by atoms with E-state index in [-0.39, 0.29) is 23.2 Å². The van der Waals surface area contributed by atoms with E-state index in [1.54, 1.807) is 28.9 Å². The summed E-state index contributed by atoms with van der Waals surface area (Å²) < 4.78 is 34.1. The van der Waals surface area contributed by atoms with Crippen molar-refractivity contribution in [3.8, 4) is 22.8 Å². The number of hydrogen-bond acceptors (Lipinski definition) is 5. The summed E-state index contributed by atoms with van der Waals surface area (Å²) in [7, 11) is 0. The van der Waals surface area contributed by atoms with Crippen LogP contribution in [-0.2, 0) is 0 Å². The molecule has 0 aliphatic carbocycles. The SMILES string of the molecule is NC(=O)c1c(-c2ccc(Oc3ccc(F)cc3F)cc2)nn([C@@H]2CCCN(C([NH3+])=S)C2)c1N. The molecule has 7 N–H and O–H groups in total. The molecule has 11 heteroatoms. The molecule has 2 aromatic carbocycles. The van der Waals surface area contributed by atoms with E-state index < -0.39 is 17.5 Å². The van der Waals surface area contributed by atoms with Crippen LogP contribution < -0.4 is 21.9 Å². The Labute approximate surface area is 193 Å². The summed E-state index contributed by atoms with van der Waals surface area (Å²) in [6.45, 7) is 1.40. The average molecular weight is 474 g/mol. The highest BCUT2D eigenvalue weighted by atomic mass is 32.1. The first-order chi connectivity index (χ1) is 15.7. The Morgan fingerprint density at radius 1 is 1.21 bits per heavy atom. The predicted molar refractivity (Wildman–Crippen MR) is 122 cm³/mol. The summed E-state index contributed by atoms with van der Waals surface area (Å²) in [6, 6.07) is 9.46. The first kappa shape index (κ1) is 22.6. The number of aromatic nitrogens is 2. The quantitative estimate of drug-likeness (QED) is 0.489. The van der Waals surface area contributed by atoms with Crippen LogP contribution in [0.2, 0.25) is 0 Å². The van der Waals surface area contributed by atoms with Gasteiger partial charge in [-0.1, -0.05) is 0 Å². The maximum absolute atomic E-state index is 13.9. The number of anilines is 1. The van der Waals surface area contributed by atoms with Crippen LogP contribution in [0.4, 0.5) is 14.6 Å². The number of carbonyl (C=O) groups is 1. The van der Waals surface area contributed by atoms with E-state index in [1.807, 2.05) is 4.90 Å². The zero-order valence-corrected chi connectivity index (χ0v) is 18.4. The summed E-state index contributed by atoms with van der Waals surface area (Å²) in [4.78, 5) is 14.2. The van der Waals surface area contributed by atoms with Crippen LogP contribution in [0.25, 0.3) is 11.3 Å². The number of rotatable bonds is 5. The van der Waals surface area contributed by atoms with Gasteiger partial charge in [-0.2, -0.15) is 5.10 Å². The van der Waals surface area contributed by atoms with Gasteiger partial charge in [0.1, 0.15) is 28.6 Å². The van der Waals surface area contributed by atoms with Gasteiger partial charge in [0.2, 0.25) is 0 Å². The number of thiocarbonyl (C=S) groups is 1. The number of benzene rings is 2. The standard InChI is InChI=1S/C22H22F2N6O2S/c23-13-5-8-17(16(24)10-13)32-15-6-3-12(4-7-15)19-18(21(26)31)20(25)30(28-19)14-2-1-9-29(11-14)22(27)33/h3-8,10,14H,1-2,9,11,25H2,(H2,26,31)(H2,27,33)/p+1/t14-/m1/s1. The molecule has 1 fully saturated rings. The van der Waals surface area contributed by atoms with Crippen LogP contribution in [0, 0.1) is 11.6 Å². The molecular weight excluding hydrogens is 450 g/mol. The molecule has 3 aromatic rings. The van der Waals surface area contributed by atoms with Crippen molar-refractivity contribution in [2.75, 3.05) is 18.8 Å². The fourth-order valence-electron chi connectivity index (χ4n) is 3.92. The molecule has 1 amide bonds. The van der Waals surface area contributed by atoms with Crippen LogP contribution in [0.1, 0.15) is 29.2 Å². The summed E-state index contributed by atoms with van der Waals surface area (Å²) in [5, 5.41) is 5.16. The van der Waals surface area contributed by atoms with Gasteiger partial charge in [0.15, 0.2) is 11.6 Å². The number of likely N-dealkylation sites (tertiary alicyclic amines) is 1. The minimum Gasteiger partial charge on any atom is -0.454 e. The molecule has 0 saturated carbocycles. The van der Waals surface area contributed by atoms with Crippen molar-refractivity contribution in [2.45, 2.75) is 18.9 Å². The number of halogens is 2. The normalized spacial score (nSPS) is 16.0. The predicted octanol–water partition coefficient (Wildman–Crippen LogP) is 2.47. The average Bonchev–Trinajstić information content (AvgIpc) is 3.13. The first-order valence-electron chi connectivity index (χ1n) is 10.3.